The second-order valence-corrected chi connectivity index (χ2v) is 6.04. The van der Waals surface area contributed by atoms with E-state index in [9.17, 15) is 15.3 Å². The maximum Gasteiger partial charge on any atom is 0.101 e. The van der Waals surface area contributed by atoms with Crippen molar-refractivity contribution in [1.82, 2.24) is 0 Å². The molecule has 0 heterocycles. The standard InChI is InChI=1S/C15H24O3/c1-8(2)13-12-6-10(7-16)4-5-11(12)9(3)14(17)15(13)18/h6,8,11-18H,3-5,7H2,1-2H3. The summed E-state index contributed by atoms with van der Waals surface area (Å²) in [6, 6.07) is 0. The molecule has 0 aromatic rings. The molecule has 1 saturated carbocycles. The number of aliphatic hydroxyl groups excluding tert-OH is 3. The fraction of sp³-hybridized carbons (Fsp3) is 0.733. The van der Waals surface area contributed by atoms with Crippen molar-refractivity contribution >= 4 is 0 Å². The zero-order valence-electron chi connectivity index (χ0n) is 11.2. The van der Waals surface area contributed by atoms with Crippen LogP contribution in [0.5, 0.6) is 0 Å². The van der Waals surface area contributed by atoms with Gasteiger partial charge in [0.05, 0.1) is 12.7 Å². The van der Waals surface area contributed by atoms with Crippen LogP contribution in [-0.4, -0.2) is 34.1 Å². The van der Waals surface area contributed by atoms with Crippen LogP contribution in [0.2, 0.25) is 0 Å². The lowest BCUT2D eigenvalue weighted by molar-refractivity contribution is -0.0637. The Hall–Kier alpha value is -0.640. The van der Waals surface area contributed by atoms with Gasteiger partial charge < -0.3 is 15.3 Å². The largest absolute Gasteiger partial charge is 0.392 e. The lowest BCUT2D eigenvalue weighted by Gasteiger charge is -2.47. The van der Waals surface area contributed by atoms with Gasteiger partial charge in [0.1, 0.15) is 6.10 Å². The summed E-state index contributed by atoms with van der Waals surface area (Å²) in [5.41, 5.74) is 1.82. The predicted octanol–water partition coefficient (Wildman–Crippen LogP) is 1.50. The quantitative estimate of drug-likeness (QED) is 0.653. The fourth-order valence-corrected chi connectivity index (χ4v) is 3.66. The summed E-state index contributed by atoms with van der Waals surface area (Å²) in [5.74, 6) is 0.778. The molecule has 0 aromatic heterocycles. The minimum Gasteiger partial charge on any atom is -0.392 e. The maximum atomic E-state index is 10.3. The van der Waals surface area contributed by atoms with Crippen molar-refractivity contribution < 1.29 is 15.3 Å². The van der Waals surface area contributed by atoms with Crippen LogP contribution in [0.15, 0.2) is 23.8 Å². The van der Waals surface area contributed by atoms with Gasteiger partial charge in [-0.3, -0.25) is 0 Å². The van der Waals surface area contributed by atoms with E-state index in [-0.39, 0.29) is 24.4 Å². The molecule has 0 amide bonds. The van der Waals surface area contributed by atoms with Crippen LogP contribution in [0.3, 0.4) is 0 Å². The van der Waals surface area contributed by atoms with Crippen molar-refractivity contribution in [1.29, 1.82) is 0 Å². The third-order valence-corrected chi connectivity index (χ3v) is 4.66. The second kappa shape index (κ2) is 5.16. The maximum absolute atomic E-state index is 10.3. The molecule has 2 aliphatic carbocycles. The Morgan fingerprint density at radius 3 is 2.61 bits per heavy atom. The van der Waals surface area contributed by atoms with E-state index in [1.165, 1.54) is 0 Å². The summed E-state index contributed by atoms with van der Waals surface area (Å²) in [6.45, 7) is 8.22. The van der Waals surface area contributed by atoms with Crippen molar-refractivity contribution in [3.8, 4) is 0 Å². The zero-order valence-corrected chi connectivity index (χ0v) is 11.2. The molecule has 0 bridgehead atoms. The summed E-state index contributed by atoms with van der Waals surface area (Å²) in [4.78, 5) is 0. The van der Waals surface area contributed by atoms with Crippen LogP contribution in [0.4, 0.5) is 0 Å². The van der Waals surface area contributed by atoms with Crippen LogP contribution in [0.25, 0.3) is 0 Å². The second-order valence-electron chi connectivity index (χ2n) is 6.04. The number of rotatable bonds is 2. The highest BCUT2D eigenvalue weighted by Gasteiger charge is 2.46. The van der Waals surface area contributed by atoms with E-state index in [4.69, 9.17) is 0 Å². The Bertz CT molecular complexity index is 359. The van der Waals surface area contributed by atoms with E-state index >= 15 is 0 Å². The Balaban J connectivity index is 2.36. The van der Waals surface area contributed by atoms with Crippen molar-refractivity contribution in [3.05, 3.63) is 23.8 Å². The molecule has 0 radical (unpaired) electrons. The van der Waals surface area contributed by atoms with E-state index in [1.807, 2.05) is 0 Å². The van der Waals surface area contributed by atoms with E-state index in [2.05, 4.69) is 26.5 Å². The molecule has 1 fully saturated rings. The SMILES string of the molecule is C=C1C(O)C(O)C(C(C)C)C2C=C(CO)CCC12. The van der Waals surface area contributed by atoms with Crippen molar-refractivity contribution in [2.75, 3.05) is 6.61 Å². The lowest BCUT2D eigenvalue weighted by Crippen LogP contribution is -2.50. The van der Waals surface area contributed by atoms with E-state index in [1.54, 1.807) is 0 Å². The van der Waals surface area contributed by atoms with Gasteiger partial charge in [0.25, 0.3) is 0 Å². The molecule has 5 atom stereocenters. The first-order valence-electron chi connectivity index (χ1n) is 6.82. The molecular weight excluding hydrogens is 228 g/mol. The fourth-order valence-electron chi connectivity index (χ4n) is 3.66. The first-order valence-corrected chi connectivity index (χ1v) is 6.82. The predicted molar refractivity (Wildman–Crippen MR) is 70.9 cm³/mol. The zero-order chi connectivity index (χ0) is 13.4. The molecule has 0 aromatic carbocycles. The Labute approximate surface area is 109 Å². The van der Waals surface area contributed by atoms with Gasteiger partial charge in [-0.05, 0) is 47.7 Å². The van der Waals surface area contributed by atoms with E-state index in [0.717, 1.165) is 24.0 Å². The smallest absolute Gasteiger partial charge is 0.101 e. The summed E-state index contributed by atoms with van der Waals surface area (Å²) >= 11 is 0. The summed E-state index contributed by atoms with van der Waals surface area (Å²) in [5, 5.41) is 29.7. The molecule has 2 aliphatic rings. The van der Waals surface area contributed by atoms with Crippen LogP contribution >= 0.6 is 0 Å². The summed E-state index contributed by atoms with van der Waals surface area (Å²) < 4.78 is 0. The molecular formula is C15H24O3. The molecule has 0 aliphatic heterocycles. The molecule has 18 heavy (non-hydrogen) atoms. The van der Waals surface area contributed by atoms with Crippen LogP contribution in [0.1, 0.15) is 26.7 Å². The third kappa shape index (κ3) is 2.15. The van der Waals surface area contributed by atoms with Gasteiger partial charge in [0, 0.05) is 0 Å². The molecule has 3 N–H and O–H groups in total. The van der Waals surface area contributed by atoms with Gasteiger partial charge in [-0.25, -0.2) is 0 Å². The minimum atomic E-state index is -0.803. The highest BCUT2D eigenvalue weighted by Crippen LogP contribution is 2.47. The Morgan fingerprint density at radius 1 is 1.39 bits per heavy atom. The normalized spacial score (nSPS) is 40.7. The first kappa shape index (κ1) is 13.8. The molecule has 102 valence electrons. The Morgan fingerprint density at radius 2 is 2.06 bits per heavy atom. The third-order valence-electron chi connectivity index (χ3n) is 4.66. The highest BCUT2D eigenvalue weighted by molar-refractivity contribution is 5.25. The highest BCUT2D eigenvalue weighted by atomic mass is 16.3. The van der Waals surface area contributed by atoms with E-state index < -0.39 is 12.2 Å². The topological polar surface area (TPSA) is 60.7 Å². The van der Waals surface area contributed by atoms with Gasteiger partial charge in [0.2, 0.25) is 0 Å². The number of hydrogen-bond donors (Lipinski definition) is 3. The Kier molecular flexibility index (Phi) is 3.95. The summed E-state index contributed by atoms with van der Waals surface area (Å²) in [6.07, 6.45) is 2.35. The average molecular weight is 252 g/mol. The molecule has 0 spiro atoms. The average Bonchev–Trinajstić information content (AvgIpc) is 2.35. The monoisotopic (exact) mass is 252 g/mol. The van der Waals surface area contributed by atoms with Crippen LogP contribution in [-0.2, 0) is 0 Å². The van der Waals surface area contributed by atoms with Gasteiger partial charge in [-0.2, -0.15) is 0 Å². The molecule has 2 rings (SSSR count). The number of hydrogen-bond acceptors (Lipinski definition) is 3. The number of aliphatic hydroxyl groups is 3. The van der Waals surface area contributed by atoms with Crippen molar-refractivity contribution in [3.63, 3.8) is 0 Å². The molecule has 5 unspecified atom stereocenters. The first-order chi connectivity index (χ1) is 8.47. The minimum absolute atomic E-state index is 0.0392. The van der Waals surface area contributed by atoms with Crippen molar-refractivity contribution in [2.24, 2.45) is 23.7 Å². The van der Waals surface area contributed by atoms with Crippen molar-refractivity contribution in [2.45, 2.75) is 38.9 Å². The van der Waals surface area contributed by atoms with E-state index in [0.29, 0.717) is 5.92 Å². The van der Waals surface area contributed by atoms with Gasteiger partial charge in [-0.15, -0.1) is 0 Å². The number of fused-ring (bicyclic) bond motifs is 1. The van der Waals surface area contributed by atoms with Gasteiger partial charge >= 0.3 is 0 Å². The molecule has 0 saturated heterocycles. The van der Waals surface area contributed by atoms with Gasteiger partial charge in [-0.1, -0.05) is 26.5 Å². The summed E-state index contributed by atoms with van der Waals surface area (Å²) in [7, 11) is 0. The lowest BCUT2D eigenvalue weighted by atomic mass is 9.60. The van der Waals surface area contributed by atoms with Gasteiger partial charge in [0.15, 0.2) is 0 Å². The molecule has 3 nitrogen and oxygen atoms in total. The van der Waals surface area contributed by atoms with Crippen LogP contribution < -0.4 is 0 Å². The molecule has 3 heteroatoms. The van der Waals surface area contributed by atoms with Crippen LogP contribution in [0, 0.1) is 23.7 Å². The number of allylic oxidation sites excluding steroid dienone is 1.